The van der Waals surface area contributed by atoms with Gasteiger partial charge in [-0.05, 0) is 30.7 Å². The zero-order chi connectivity index (χ0) is 23.3. The van der Waals surface area contributed by atoms with Crippen LogP contribution in [0.4, 0.5) is 11.4 Å². The smallest absolute Gasteiger partial charge is 0.271 e. The Morgan fingerprint density at radius 3 is 2.50 bits per heavy atom. The number of nitrogens with one attached hydrogen (secondary N) is 1. The Labute approximate surface area is 187 Å². The molecule has 1 N–H and O–H groups in total. The lowest BCUT2D eigenvalue weighted by Crippen LogP contribution is -2.48. The molecule has 0 unspecified atom stereocenters. The Kier molecular flexibility index (Phi) is 7.44. The summed E-state index contributed by atoms with van der Waals surface area (Å²) >= 11 is 0. The van der Waals surface area contributed by atoms with E-state index in [4.69, 9.17) is 4.74 Å². The Hall–Kier alpha value is -3.02. The molecular weight excluding hydrogens is 436 g/mol. The van der Waals surface area contributed by atoms with E-state index in [1.807, 2.05) is 6.07 Å². The van der Waals surface area contributed by atoms with Crippen molar-refractivity contribution >= 4 is 27.3 Å². The van der Waals surface area contributed by atoms with E-state index in [0.717, 1.165) is 5.56 Å². The zero-order valence-electron chi connectivity index (χ0n) is 18.0. The maximum atomic E-state index is 12.8. The van der Waals surface area contributed by atoms with Gasteiger partial charge in [0.1, 0.15) is 5.75 Å². The molecule has 172 valence electrons. The number of methoxy groups -OCH3 is 1. The van der Waals surface area contributed by atoms with E-state index in [1.165, 1.54) is 29.6 Å². The summed E-state index contributed by atoms with van der Waals surface area (Å²) in [4.78, 5) is 25.4. The average molecular weight is 463 g/mol. The summed E-state index contributed by atoms with van der Waals surface area (Å²) in [5, 5.41) is 13.7. The molecule has 11 heteroatoms. The van der Waals surface area contributed by atoms with Crippen LogP contribution in [0.15, 0.2) is 42.5 Å². The van der Waals surface area contributed by atoms with Gasteiger partial charge in [-0.2, -0.15) is 4.31 Å². The van der Waals surface area contributed by atoms with Crippen molar-refractivity contribution in [3.05, 3.63) is 63.7 Å². The Morgan fingerprint density at radius 1 is 1.16 bits per heavy atom. The second-order valence-corrected chi connectivity index (χ2v) is 9.63. The Morgan fingerprint density at radius 2 is 1.88 bits per heavy atom. The first kappa shape index (κ1) is 23.6. The highest BCUT2D eigenvalue weighted by Gasteiger charge is 2.25. The van der Waals surface area contributed by atoms with Crippen LogP contribution in [0.2, 0.25) is 0 Å². The van der Waals surface area contributed by atoms with Crippen molar-refractivity contribution in [2.45, 2.75) is 13.5 Å². The first-order chi connectivity index (χ1) is 15.2. The summed E-state index contributed by atoms with van der Waals surface area (Å²) in [5.41, 5.74) is 1.38. The molecule has 1 aliphatic heterocycles. The molecule has 3 rings (SSSR count). The molecule has 1 amide bonds. The fraction of sp³-hybridized carbons (Fsp3) is 0.381. The van der Waals surface area contributed by atoms with Gasteiger partial charge in [0, 0.05) is 50.4 Å². The molecule has 1 heterocycles. The van der Waals surface area contributed by atoms with Crippen molar-refractivity contribution in [2.24, 2.45) is 0 Å². The molecule has 1 fully saturated rings. The summed E-state index contributed by atoms with van der Waals surface area (Å²) in [5.74, 6) is 0.00370. The number of nitro benzene ring substituents is 1. The number of amides is 1. The third-order valence-corrected chi connectivity index (χ3v) is 7.21. The van der Waals surface area contributed by atoms with Crippen LogP contribution in [-0.4, -0.2) is 67.5 Å². The number of hydrogen-bond acceptors (Lipinski definition) is 7. The van der Waals surface area contributed by atoms with Gasteiger partial charge < -0.3 is 10.1 Å². The molecule has 0 bridgehead atoms. The third kappa shape index (κ3) is 5.61. The van der Waals surface area contributed by atoms with Crippen LogP contribution in [0.25, 0.3) is 0 Å². The van der Waals surface area contributed by atoms with Gasteiger partial charge in [-0.3, -0.25) is 19.8 Å². The van der Waals surface area contributed by atoms with Crippen molar-refractivity contribution in [1.29, 1.82) is 0 Å². The van der Waals surface area contributed by atoms with Gasteiger partial charge in [0.2, 0.25) is 10.0 Å². The highest BCUT2D eigenvalue weighted by molar-refractivity contribution is 7.89. The van der Waals surface area contributed by atoms with E-state index in [0.29, 0.717) is 44.0 Å². The number of ether oxygens (including phenoxy) is 1. The van der Waals surface area contributed by atoms with E-state index in [2.05, 4.69) is 10.2 Å². The summed E-state index contributed by atoms with van der Waals surface area (Å²) in [6.45, 7) is 4.34. The highest BCUT2D eigenvalue weighted by Crippen LogP contribution is 2.29. The lowest BCUT2D eigenvalue weighted by Gasteiger charge is -2.33. The fourth-order valence-corrected chi connectivity index (χ4v) is 4.60. The molecule has 32 heavy (non-hydrogen) atoms. The number of nitro groups is 1. The number of rotatable bonds is 8. The lowest BCUT2D eigenvalue weighted by atomic mass is 10.1. The number of sulfonamides is 1. The van der Waals surface area contributed by atoms with Crippen LogP contribution in [0.1, 0.15) is 22.8 Å². The van der Waals surface area contributed by atoms with E-state index >= 15 is 0 Å². The predicted molar refractivity (Wildman–Crippen MR) is 120 cm³/mol. The molecule has 2 aromatic rings. The van der Waals surface area contributed by atoms with Crippen LogP contribution in [0, 0.1) is 10.1 Å². The first-order valence-corrected chi connectivity index (χ1v) is 11.8. The van der Waals surface area contributed by atoms with Gasteiger partial charge in [0.25, 0.3) is 11.6 Å². The normalized spacial score (nSPS) is 15.3. The predicted octanol–water partition coefficient (Wildman–Crippen LogP) is 2.32. The van der Waals surface area contributed by atoms with Gasteiger partial charge in [-0.25, -0.2) is 8.42 Å². The van der Waals surface area contributed by atoms with Crippen molar-refractivity contribution in [2.75, 3.05) is 44.4 Å². The Balaban J connectivity index is 1.67. The minimum Gasteiger partial charge on any atom is -0.495 e. The van der Waals surface area contributed by atoms with Crippen LogP contribution in [-0.2, 0) is 16.6 Å². The van der Waals surface area contributed by atoms with E-state index in [9.17, 15) is 23.3 Å². The third-order valence-electron chi connectivity index (χ3n) is 5.33. The summed E-state index contributed by atoms with van der Waals surface area (Å²) in [6, 6.07) is 11.1. The molecular formula is C21H26N4O6S. The van der Waals surface area contributed by atoms with E-state index in [1.54, 1.807) is 25.1 Å². The summed E-state index contributed by atoms with van der Waals surface area (Å²) < 4.78 is 30.7. The van der Waals surface area contributed by atoms with Crippen molar-refractivity contribution in [1.82, 2.24) is 9.21 Å². The Bertz CT molecular complexity index is 1100. The van der Waals surface area contributed by atoms with Gasteiger partial charge in [-0.1, -0.05) is 12.1 Å². The number of carbonyl (C=O) groups excluding carboxylic acids is 1. The van der Waals surface area contributed by atoms with E-state index in [-0.39, 0.29) is 17.1 Å². The van der Waals surface area contributed by atoms with Crippen LogP contribution in [0.5, 0.6) is 5.75 Å². The van der Waals surface area contributed by atoms with Gasteiger partial charge in [0.15, 0.2) is 0 Å². The SMILES string of the molecule is CCS(=O)(=O)N1CCN(Cc2cccc(C(=O)Nc3cc([N+](=O)[O-])ccc3OC)c2)CC1. The number of benzene rings is 2. The van der Waals surface area contributed by atoms with Crippen LogP contribution < -0.4 is 10.1 Å². The molecule has 10 nitrogen and oxygen atoms in total. The lowest BCUT2D eigenvalue weighted by molar-refractivity contribution is -0.384. The van der Waals surface area contributed by atoms with Gasteiger partial charge in [0.05, 0.1) is 23.5 Å². The topological polar surface area (TPSA) is 122 Å². The second-order valence-electron chi connectivity index (χ2n) is 7.37. The monoisotopic (exact) mass is 462 g/mol. The van der Waals surface area contributed by atoms with Crippen LogP contribution in [0.3, 0.4) is 0 Å². The highest BCUT2D eigenvalue weighted by atomic mass is 32.2. The number of nitrogens with zero attached hydrogens (tertiary/aromatic N) is 3. The molecule has 0 radical (unpaired) electrons. The minimum atomic E-state index is -3.18. The fourth-order valence-electron chi connectivity index (χ4n) is 3.52. The number of non-ortho nitro benzene ring substituents is 1. The van der Waals surface area contributed by atoms with Crippen molar-refractivity contribution in [3.8, 4) is 5.75 Å². The molecule has 1 aliphatic rings. The summed E-state index contributed by atoms with van der Waals surface area (Å²) in [6.07, 6.45) is 0. The van der Waals surface area contributed by atoms with Gasteiger partial charge >= 0.3 is 0 Å². The minimum absolute atomic E-state index is 0.0967. The van der Waals surface area contributed by atoms with E-state index < -0.39 is 20.9 Å². The number of anilines is 1. The molecule has 0 aliphatic carbocycles. The maximum absolute atomic E-state index is 12.8. The number of carbonyl (C=O) groups is 1. The zero-order valence-corrected chi connectivity index (χ0v) is 18.8. The molecule has 0 saturated carbocycles. The quantitative estimate of drug-likeness (QED) is 0.472. The molecule has 1 saturated heterocycles. The second kappa shape index (κ2) is 10.1. The molecule has 0 atom stereocenters. The number of piperazine rings is 1. The average Bonchev–Trinajstić information content (AvgIpc) is 2.79. The van der Waals surface area contributed by atoms with Crippen LogP contribution >= 0.6 is 0 Å². The van der Waals surface area contributed by atoms with Crippen molar-refractivity contribution in [3.63, 3.8) is 0 Å². The maximum Gasteiger partial charge on any atom is 0.271 e. The molecule has 2 aromatic carbocycles. The first-order valence-electron chi connectivity index (χ1n) is 10.2. The summed E-state index contributed by atoms with van der Waals surface area (Å²) in [7, 11) is -1.76. The van der Waals surface area contributed by atoms with Gasteiger partial charge in [-0.15, -0.1) is 0 Å². The largest absolute Gasteiger partial charge is 0.495 e. The van der Waals surface area contributed by atoms with Crippen molar-refractivity contribution < 1.29 is 22.9 Å². The molecule has 0 spiro atoms. The molecule has 0 aromatic heterocycles. The standard InChI is InChI=1S/C21H26N4O6S/c1-3-32(29,30)24-11-9-23(10-12-24)15-16-5-4-6-17(13-16)21(26)22-19-14-18(25(27)28)7-8-20(19)31-2/h4-8,13-14H,3,9-12,15H2,1-2H3,(H,22,26). The number of hydrogen-bond donors (Lipinski definition) is 1.